The van der Waals surface area contributed by atoms with Crippen LogP contribution in [0.2, 0.25) is 0 Å². The van der Waals surface area contributed by atoms with Crippen LogP contribution in [0, 0.1) is 94.7 Å². The van der Waals surface area contributed by atoms with Gasteiger partial charge in [0.1, 0.15) is 0 Å². The first-order valence-electron chi connectivity index (χ1n) is 16.5. The van der Waals surface area contributed by atoms with Gasteiger partial charge in [0.15, 0.2) is 0 Å². The Balaban J connectivity index is 5.32. The third kappa shape index (κ3) is 9.04. The highest BCUT2D eigenvalue weighted by atomic mass is 14.4. The summed E-state index contributed by atoms with van der Waals surface area (Å²) in [5, 5.41) is 0. The van der Waals surface area contributed by atoms with Crippen molar-refractivity contribution < 1.29 is 0 Å². The van der Waals surface area contributed by atoms with Crippen LogP contribution in [0.15, 0.2) is 0 Å². The maximum absolute atomic E-state index is 2.57. The first-order chi connectivity index (χ1) is 16.5. The van der Waals surface area contributed by atoms with Crippen LogP contribution in [-0.2, 0) is 0 Å². The van der Waals surface area contributed by atoms with E-state index in [1.54, 1.807) is 0 Å². The second-order valence-corrected chi connectivity index (χ2v) is 14.8. The Morgan fingerprint density at radius 3 is 0.583 bits per heavy atom. The molecule has 0 rings (SSSR count). The molecule has 0 aromatic heterocycles. The standard InChI is InChI=1S/C36H74/c1-19-36(20-2)35(18)34(17)33(16)32(15)31(14)30(13)29(12)28(11)27(10)26(9)25(8)24(7)23(6)22(5)21(3)4/h21-36H,19-20H2,1-18H3. The monoisotopic (exact) mass is 507 g/mol. The summed E-state index contributed by atoms with van der Waals surface area (Å²) in [6.45, 7) is 45.2. The van der Waals surface area contributed by atoms with E-state index in [-0.39, 0.29) is 0 Å². The van der Waals surface area contributed by atoms with Crippen molar-refractivity contribution >= 4 is 0 Å². The molecule has 36 heavy (non-hydrogen) atoms. The number of rotatable bonds is 17. The van der Waals surface area contributed by atoms with E-state index in [9.17, 15) is 0 Å². The van der Waals surface area contributed by atoms with Gasteiger partial charge in [0.25, 0.3) is 0 Å². The van der Waals surface area contributed by atoms with Crippen LogP contribution < -0.4 is 0 Å². The van der Waals surface area contributed by atoms with Crippen molar-refractivity contribution in [1.82, 2.24) is 0 Å². The first-order valence-corrected chi connectivity index (χ1v) is 16.5. The van der Waals surface area contributed by atoms with Gasteiger partial charge in [0.2, 0.25) is 0 Å². The van der Waals surface area contributed by atoms with Crippen LogP contribution in [0.5, 0.6) is 0 Å². The molecule has 14 unspecified atom stereocenters. The van der Waals surface area contributed by atoms with Crippen molar-refractivity contribution in [3.8, 4) is 0 Å². The number of hydrogen-bond acceptors (Lipinski definition) is 0. The van der Waals surface area contributed by atoms with Crippen LogP contribution in [-0.4, -0.2) is 0 Å². The Kier molecular flexibility index (Phi) is 16.2. The molecule has 0 bridgehead atoms. The van der Waals surface area contributed by atoms with E-state index in [1.165, 1.54) is 12.8 Å². The van der Waals surface area contributed by atoms with Crippen LogP contribution in [0.3, 0.4) is 0 Å². The molecule has 0 heteroatoms. The molecule has 0 amide bonds. The molecule has 0 aliphatic carbocycles. The summed E-state index contributed by atoms with van der Waals surface area (Å²) in [6.07, 6.45) is 2.65. The lowest BCUT2D eigenvalue weighted by Gasteiger charge is -2.43. The smallest absolute Gasteiger partial charge is 0.0386 e. The zero-order valence-corrected chi connectivity index (χ0v) is 28.7. The maximum atomic E-state index is 2.57. The van der Waals surface area contributed by atoms with E-state index in [0.717, 1.165) is 94.7 Å². The summed E-state index contributed by atoms with van der Waals surface area (Å²) in [5.74, 6) is 12.5. The minimum absolute atomic E-state index is 0.758. The van der Waals surface area contributed by atoms with E-state index in [0.29, 0.717) is 0 Å². The zero-order chi connectivity index (χ0) is 28.7. The molecule has 218 valence electrons. The number of hydrogen-bond donors (Lipinski definition) is 0. The summed E-state index contributed by atoms with van der Waals surface area (Å²) < 4.78 is 0. The average Bonchev–Trinajstić information content (AvgIpc) is 2.87. The van der Waals surface area contributed by atoms with E-state index in [1.807, 2.05) is 0 Å². The third-order valence-corrected chi connectivity index (χ3v) is 13.6. The molecule has 0 heterocycles. The van der Waals surface area contributed by atoms with E-state index in [2.05, 4.69) is 125 Å². The van der Waals surface area contributed by atoms with Gasteiger partial charge in [-0.2, -0.15) is 0 Å². The van der Waals surface area contributed by atoms with Gasteiger partial charge in [-0.15, -0.1) is 0 Å². The molecule has 0 aliphatic heterocycles. The van der Waals surface area contributed by atoms with E-state index < -0.39 is 0 Å². The summed E-state index contributed by atoms with van der Waals surface area (Å²) in [4.78, 5) is 0. The molecule has 0 fully saturated rings. The fourth-order valence-corrected chi connectivity index (χ4v) is 7.81. The molecular weight excluding hydrogens is 432 g/mol. The van der Waals surface area contributed by atoms with Crippen molar-refractivity contribution in [2.45, 2.75) is 137 Å². The van der Waals surface area contributed by atoms with Crippen LogP contribution in [0.1, 0.15) is 137 Å². The van der Waals surface area contributed by atoms with Gasteiger partial charge < -0.3 is 0 Å². The van der Waals surface area contributed by atoms with Crippen molar-refractivity contribution in [1.29, 1.82) is 0 Å². The Morgan fingerprint density at radius 2 is 0.417 bits per heavy atom. The largest absolute Gasteiger partial charge is 0.0651 e. The minimum Gasteiger partial charge on any atom is -0.0651 e. The van der Waals surface area contributed by atoms with Gasteiger partial charge in [0, 0.05) is 0 Å². The molecule has 0 radical (unpaired) electrons. The molecule has 0 spiro atoms. The second kappa shape index (κ2) is 16.2. The van der Waals surface area contributed by atoms with Gasteiger partial charge in [-0.3, -0.25) is 0 Å². The molecule has 0 N–H and O–H groups in total. The summed E-state index contributed by atoms with van der Waals surface area (Å²) >= 11 is 0. The highest BCUT2D eigenvalue weighted by Crippen LogP contribution is 2.44. The Hall–Kier alpha value is 0. The van der Waals surface area contributed by atoms with Crippen LogP contribution >= 0.6 is 0 Å². The topological polar surface area (TPSA) is 0 Å². The second-order valence-electron chi connectivity index (χ2n) is 14.8. The predicted octanol–water partition coefficient (Wildman–Crippen LogP) is 12.0. The van der Waals surface area contributed by atoms with Crippen molar-refractivity contribution in [3.63, 3.8) is 0 Å². The Bertz CT molecular complexity index is 520. The van der Waals surface area contributed by atoms with Crippen LogP contribution in [0.4, 0.5) is 0 Å². The van der Waals surface area contributed by atoms with E-state index >= 15 is 0 Å². The predicted molar refractivity (Wildman–Crippen MR) is 167 cm³/mol. The fourth-order valence-electron chi connectivity index (χ4n) is 7.81. The first kappa shape index (κ1) is 36.0. The van der Waals surface area contributed by atoms with Gasteiger partial charge in [-0.05, 0) is 94.7 Å². The molecule has 0 aromatic rings. The molecular formula is C36H74. The quantitative estimate of drug-likeness (QED) is 0.184. The Morgan fingerprint density at radius 1 is 0.250 bits per heavy atom. The lowest BCUT2D eigenvalue weighted by molar-refractivity contribution is 0.0537. The van der Waals surface area contributed by atoms with Crippen molar-refractivity contribution in [2.24, 2.45) is 94.7 Å². The molecule has 0 saturated carbocycles. The normalized spacial score (nSPS) is 24.7. The van der Waals surface area contributed by atoms with Crippen molar-refractivity contribution in [3.05, 3.63) is 0 Å². The SMILES string of the molecule is CCC(CC)C(C)C(C)C(C)C(C)C(C)C(C)C(C)C(C)C(C)C(C)C(C)C(C)C(C)C(C)C(C)C. The van der Waals surface area contributed by atoms with Gasteiger partial charge in [-0.1, -0.05) is 137 Å². The highest BCUT2D eigenvalue weighted by molar-refractivity contribution is 4.86. The summed E-state index contributed by atoms with van der Waals surface area (Å²) in [5.41, 5.74) is 0. The lowest BCUT2D eigenvalue weighted by atomic mass is 9.62. The fraction of sp³-hybridized carbons (Fsp3) is 1.00. The molecule has 14 atom stereocenters. The molecule has 0 nitrogen and oxygen atoms in total. The third-order valence-electron chi connectivity index (χ3n) is 13.6. The minimum atomic E-state index is 0.758. The van der Waals surface area contributed by atoms with E-state index in [4.69, 9.17) is 0 Å². The lowest BCUT2D eigenvalue weighted by Crippen LogP contribution is -2.37. The highest BCUT2D eigenvalue weighted by Gasteiger charge is 2.37. The molecule has 0 aromatic carbocycles. The summed E-state index contributed by atoms with van der Waals surface area (Å²) in [7, 11) is 0. The maximum Gasteiger partial charge on any atom is -0.0386 e. The van der Waals surface area contributed by atoms with Gasteiger partial charge in [-0.25, -0.2) is 0 Å². The summed E-state index contributed by atoms with van der Waals surface area (Å²) in [6, 6.07) is 0. The van der Waals surface area contributed by atoms with Crippen molar-refractivity contribution in [2.75, 3.05) is 0 Å². The Labute approximate surface area is 232 Å². The zero-order valence-electron chi connectivity index (χ0n) is 28.7. The van der Waals surface area contributed by atoms with Gasteiger partial charge in [0.05, 0.1) is 0 Å². The van der Waals surface area contributed by atoms with Crippen LogP contribution in [0.25, 0.3) is 0 Å². The van der Waals surface area contributed by atoms with Gasteiger partial charge >= 0.3 is 0 Å². The molecule has 0 saturated heterocycles. The average molecular weight is 507 g/mol. The molecule has 0 aliphatic rings.